The highest BCUT2D eigenvalue weighted by Gasteiger charge is 2.37. The van der Waals surface area contributed by atoms with Crippen molar-refractivity contribution in [2.45, 2.75) is 63.6 Å². The van der Waals surface area contributed by atoms with Crippen molar-refractivity contribution >= 4 is 11.8 Å². The molecule has 0 aromatic heterocycles. The summed E-state index contributed by atoms with van der Waals surface area (Å²) < 4.78 is 27.3. The highest BCUT2D eigenvalue weighted by atomic mass is 19.1. The molecule has 2 aliphatic rings. The minimum atomic E-state index is -0.906. The fraction of sp³-hybridized carbons (Fsp3) is 0.636. The average Bonchev–Trinajstić information content (AvgIpc) is 3.34. The third-order valence-electron chi connectivity index (χ3n) is 6.00. The van der Waals surface area contributed by atoms with E-state index in [0.717, 1.165) is 38.3 Å². The van der Waals surface area contributed by atoms with Gasteiger partial charge in [-0.05, 0) is 49.9 Å². The molecular weight excluding hydrogens is 392 g/mol. The number of carbonyl (C=O) groups excluding carboxylic acids is 2. The van der Waals surface area contributed by atoms with E-state index >= 15 is 0 Å². The zero-order valence-corrected chi connectivity index (χ0v) is 17.4. The first-order valence-corrected chi connectivity index (χ1v) is 10.8. The van der Waals surface area contributed by atoms with E-state index in [1.54, 1.807) is 4.90 Å². The molecule has 4 atom stereocenters. The van der Waals surface area contributed by atoms with E-state index < -0.39 is 29.7 Å². The number of amides is 2. The summed E-state index contributed by atoms with van der Waals surface area (Å²) >= 11 is 0. The van der Waals surface area contributed by atoms with Crippen molar-refractivity contribution in [2.24, 2.45) is 5.92 Å². The summed E-state index contributed by atoms with van der Waals surface area (Å²) in [6.45, 7) is 3.83. The van der Waals surface area contributed by atoms with E-state index in [2.05, 4.69) is 10.6 Å². The van der Waals surface area contributed by atoms with Gasteiger partial charge in [-0.3, -0.25) is 9.59 Å². The zero-order valence-electron chi connectivity index (χ0n) is 17.4. The van der Waals surface area contributed by atoms with Crippen molar-refractivity contribution in [1.82, 2.24) is 15.5 Å². The Hall–Kier alpha value is -2.06. The third-order valence-corrected chi connectivity index (χ3v) is 6.00. The average molecular weight is 424 g/mol. The highest BCUT2D eigenvalue weighted by molar-refractivity contribution is 5.89. The summed E-state index contributed by atoms with van der Waals surface area (Å²) in [6, 6.07) is 2.31. The van der Waals surface area contributed by atoms with E-state index in [4.69, 9.17) is 0 Å². The van der Waals surface area contributed by atoms with Crippen molar-refractivity contribution in [2.75, 3.05) is 19.6 Å². The topological polar surface area (TPSA) is 81.7 Å². The minimum absolute atomic E-state index is 0.0367. The van der Waals surface area contributed by atoms with E-state index in [1.807, 2.05) is 6.92 Å². The largest absolute Gasteiger partial charge is 0.389 e. The van der Waals surface area contributed by atoms with Crippen LogP contribution in [0.2, 0.25) is 0 Å². The van der Waals surface area contributed by atoms with Crippen LogP contribution < -0.4 is 10.6 Å². The molecule has 0 saturated carbocycles. The Morgan fingerprint density at radius 1 is 1.33 bits per heavy atom. The zero-order chi connectivity index (χ0) is 21.7. The lowest BCUT2D eigenvalue weighted by atomic mass is 9.94. The number of aliphatic hydroxyl groups excluding tert-OH is 1. The molecule has 1 aromatic carbocycles. The van der Waals surface area contributed by atoms with Crippen molar-refractivity contribution in [1.29, 1.82) is 0 Å². The fourth-order valence-corrected chi connectivity index (χ4v) is 4.34. The molecule has 2 saturated heterocycles. The summed E-state index contributed by atoms with van der Waals surface area (Å²) in [5.41, 5.74) is 0.363. The van der Waals surface area contributed by atoms with Gasteiger partial charge >= 0.3 is 0 Å². The van der Waals surface area contributed by atoms with Crippen LogP contribution in [0.4, 0.5) is 8.78 Å². The summed E-state index contributed by atoms with van der Waals surface area (Å²) in [4.78, 5) is 26.8. The van der Waals surface area contributed by atoms with Crippen molar-refractivity contribution in [3.63, 3.8) is 0 Å². The third kappa shape index (κ3) is 5.76. The molecule has 1 aromatic rings. The van der Waals surface area contributed by atoms with Crippen molar-refractivity contribution < 1.29 is 23.5 Å². The molecule has 0 bridgehead atoms. The number of hydrogen-bond donors (Lipinski definition) is 3. The Morgan fingerprint density at radius 2 is 2.07 bits per heavy atom. The molecule has 2 heterocycles. The molecule has 166 valence electrons. The summed E-state index contributed by atoms with van der Waals surface area (Å²) in [5.74, 6) is -2.22. The number of hydrogen-bond acceptors (Lipinski definition) is 4. The van der Waals surface area contributed by atoms with Crippen LogP contribution in [-0.2, 0) is 16.0 Å². The lowest BCUT2D eigenvalue weighted by Crippen LogP contribution is -2.53. The first-order chi connectivity index (χ1) is 14.4. The van der Waals surface area contributed by atoms with Gasteiger partial charge < -0.3 is 20.6 Å². The Bertz CT molecular complexity index is 735. The number of aliphatic hydroxyl groups is 1. The van der Waals surface area contributed by atoms with Crippen LogP contribution in [0.15, 0.2) is 18.2 Å². The van der Waals surface area contributed by atoms with Gasteiger partial charge in [-0.15, -0.1) is 0 Å². The predicted octanol–water partition coefficient (Wildman–Crippen LogP) is 1.75. The molecule has 30 heavy (non-hydrogen) atoms. The molecule has 8 heteroatoms. The number of rotatable bonds is 9. The van der Waals surface area contributed by atoms with E-state index in [9.17, 15) is 23.5 Å². The van der Waals surface area contributed by atoms with Crippen LogP contribution in [-0.4, -0.2) is 59.6 Å². The van der Waals surface area contributed by atoms with Gasteiger partial charge in [-0.2, -0.15) is 0 Å². The van der Waals surface area contributed by atoms with Crippen molar-refractivity contribution in [3.05, 3.63) is 35.4 Å². The minimum Gasteiger partial charge on any atom is -0.389 e. The molecule has 0 spiro atoms. The maximum Gasteiger partial charge on any atom is 0.225 e. The molecule has 3 N–H and O–H groups in total. The van der Waals surface area contributed by atoms with Gasteiger partial charge in [-0.25, -0.2) is 8.78 Å². The second kappa shape index (κ2) is 10.3. The number of halogens is 2. The maximum absolute atomic E-state index is 13.6. The Balaban J connectivity index is 1.70. The lowest BCUT2D eigenvalue weighted by Gasteiger charge is -2.29. The van der Waals surface area contributed by atoms with Gasteiger partial charge in [0.1, 0.15) is 11.6 Å². The summed E-state index contributed by atoms with van der Waals surface area (Å²) in [7, 11) is 0. The van der Waals surface area contributed by atoms with Crippen LogP contribution in [0.25, 0.3) is 0 Å². The number of unbranched alkanes of at least 4 members (excludes halogenated alkanes) is 1. The van der Waals surface area contributed by atoms with Gasteiger partial charge in [0.15, 0.2) is 0 Å². The fourth-order valence-electron chi connectivity index (χ4n) is 4.34. The van der Waals surface area contributed by atoms with E-state index in [0.29, 0.717) is 18.7 Å². The predicted molar refractivity (Wildman–Crippen MR) is 109 cm³/mol. The summed E-state index contributed by atoms with van der Waals surface area (Å²) in [5, 5.41) is 17.0. The molecule has 0 aliphatic carbocycles. The van der Waals surface area contributed by atoms with Crippen LogP contribution in [0.5, 0.6) is 0 Å². The Morgan fingerprint density at radius 3 is 2.70 bits per heavy atom. The van der Waals surface area contributed by atoms with Gasteiger partial charge in [0.05, 0.1) is 18.1 Å². The van der Waals surface area contributed by atoms with Gasteiger partial charge in [0.2, 0.25) is 11.8 Å². The van der Waals surface area contributed by atoms with Gasteiger partial charge in [0, 0.05) is 31.6 Å². The molecule has 2 amide bonds. The van der Waals surface area contributed by atoms with E-state index in [1.165, 1.54) is 12.1 Å². The van der Waals surface area contributed by atoms with Crippen LogP contribution >= 0.6 is 0 Å². The number of likely N-dealkylation sites (tertiary alicyclic amines) is 1. The van der Waals surface area contributed by atoms with E-state index in [-0.39, 0.29) is 30.7 Å². The SMILES string of the molecule is CCCCN1C[C@@H](C(=O)NC(Cc2cc(F)cc(F)c2)[C@H](O)[C@H]2CCCN2)CC1=O. The van der Waals surface area contributed by atoms with Crippen LogP contribution in [0.3, 0.4) is 0 Å². The molecule has 1 unspecified atom stereocenters. The lowest BCUT2D eigenvalue weighted by molar-refractivity contribution is -0.129. The highest BCUT2D eigenvalue weighted by Crippen LogP contribution is 2.21. The first kappa shape index (κ1) is 22.6. The first-order valence-electron chi connectivity index (χ1n) is 10.8. The molecular formula is C22H31F2N3O3. The standard InChI is InChI=1S/C22H31F2N3O3/c1-2-3-7-27-13-15(11-20(27)28)22(30)26-19(21(29)18-5-4-6-25-18)10-14-8-16(23)12-17(24)9-14/h8-9,12,15,18-19,21,25,29H,2-7,10-11,13H2,1H3,(H,26,30)/t15-,18+,19?,21+/m0/s1. The number of benzene rings is 1. The quantitative estimate of drug-likeness (QED) is 0.565. The summed E-state index contributed by atoms with van der Waals surface area (Å²) in [6.07, 6.45) is 2.87. The van der Waals surface area contributed by atoms with Crippen LogP contribution in [0, 0.1) is 17.6 Å². The molecule has 0 radical (unpaired) electrons. The second-order valence-corrected chi connectivity index (χ2v) is 8.38. The maximum atomic E-state index is 13.6. The Labute approximate surface area is 176 Å². The molecule has 2 fully saturated rings. The van der Waals surface area contributed by atoms with Gasteiger partial charge in [0.25, 0.3) is 0 Å². The second-order valence-electron chi connectivity index (χ2n) is 8.38. The van der Waals surface area contributed by atoms with Crippen molar-refractivity contribution in [3.8, 4) is 0 Å². The smallest absolute Gasteiger partial charge is 0.225 e. The normalized spacial score (nSPS) is 23.6. The van der Waals surface area contributed by atoms with Gasteiger partial charge in [-0.1, -0.05) is 13.3 Å². The van der Waals surface area contributed by atoms with Crippen LogP contribution in [0.1, 0.15) is 44.6 Å². The monoisotopic (exact) mass is 423 g/mol. The number of nitrogens with zero attached hydrogens (tertiary/aromatic N) is 1. The molecule has 2 aliphatic heterocycles. The number of nitrogens with one attached hydrogen (secondary N) is 2. The number of carbonyl (C=O) groups is 2. The molecule has 6 nitrogen and oxygen atoms in total. The molecule has 3 rings (SSSR count). The Kier molecular flexibility index (Phi) is 7.77.